The molecule has 0 spiro atoms. The minimum absolute atomic E-state index is 1.32. The molecule has 16 heavy (non-hydrogen) atoms. The molecule has 1 aliphatic heterocycles. The SMILES string of the molecule is Cc1ccc(C2=C[Si](C)(C)O[Si]2(C)C)cc1. The van der Waals surface area contributed by atoms with Crippen LogP contribution in [0.15, 0.2) is 30.0 Å². The number of aryl methyl sites for hydroxylation is 1. The van der Waals surface area contributed by atoms with Crippen molar-refractivity contribution in [1.29, 1.82) is 0 Å². The molecule has 0 aliphatic carbocycles. The van der Waals surface area contributed by atoms with Crippen LogP contribution in [0.25, 0.3) is 5.20 Å². The van der Waals surface area contributed by atoms with E-state index < -0.39 is 16.6 Å². The fourth-order valence-corrected chi connectivity index (χ4v) is 12.5. The molecular weight excluding hydrogens is 228 g/mol. The van der Waals surface area contributed by atoms with E-state index in [-0.39, 0.29) is 0 Å². The van der Waals surface area contributed by atoms with Gasteiger partial charge in [0, 0.05) is 0 Å². The van der Waals surface area contributed by atoms with E-state index in [1.807, 2.05) is 0 Å². The van der Waals surface area contributed by atoms with Crippen molar-refractivity contribution >= 4 is 21.8 Å². The molecule has 1 heterocycles. The first-order chi connectivity index (χ1) is 7.30. The number of rotatable bonds is 1. The van der Waals surface area contributed by atoms with E-state index in [1.165, 1.54) is 16.3 Å². The fourth-order valence-electron chi connectivity index (χ4n) is 2.43. The molecule has 0 unspecified atom stereocenters. The van der Waals surface area contributed by atoms with Crippen LogP contribution in [-0.4, -0.2) is 16.6 Å². The first-order valence-corrected chi connectivity index (χ1v) is 11.7. The van der Waals surface area contributed by atoms with Gasteiger partial charge in [-0.2, -0.15) is 0 Å². The van der Waals surface area contributed by atoms with Crippen LogP contribution in [0.3, 0.4) is 0 Å². The van der Waals surface area contributed by atoms with Crippen LogP contribution in [0, 0.1) is 6.92 Å². The molecule has 0 radical (unpaired) electrons. The molecule has 0 fully saturated rings. The third-order valence-electron chi connectivity index (χ3n) is 3.02. The Morgan fingerprint density at radius 1 is 0.938 bits per heavy atom. The molecule has 0 aromatic heterocycles. The van der Waals surface area contributed by atoms with Crippen LogP contribution < -0.4 is 0 Å². The Labute approximate surface area is 100 Å². The minimum atomic E-state index is -1.64. The predicted octanol–water partition coefficient (Wildman–Crippen LogP) is 3.90. The first-order valence-electron chi connectivity index (χ1n) is 5.81. The van der Waals surface area contributed by atoms with Crippen molar-refractivity contribution < 1.29 is 4.12 Å². The summed E-state index contributed by atoms with van der Waals surface area (Å²) in [4.78, 5) is 0. The maximum absolute atomic E-state index is 6.32. The van der Waals surface area contributed by atoms with Gasteiger partial charge >= 0.3 is 0 Å². The fraction of sp³-hybridized carbons (Fsp3) is 0.385. The van der Waals surface area contributed by atoms with Crippen molar-refractivity contribution in [2.75, 3.05) is 0 Å². The molecule has 0 saturated heterocycles. The summed E-state index contributed by atoms with van der Waals surface area (Å²) in [5.41, 5.74) is 5.11. The van der Waals surface area contributed by atoms with E-state index in [4.69, 9.17) is 4.12 Å². The Balaban J connectivity index is 2.44. The molecule has 0 N–H and O–H groups in total. The van der Waals surface area contributed by atoms with Crippen molar-refractivity contribution in [3.05, 3.63) is 41.1 Å². The largest absolute Gasteiger partial charge is 0.449 e. The lowest BCUT2D eigenvalue weighted by Crippen LogP contribution is -2.36. The van der Waals surface area contributed by atoms with Gasteiger partial charge in [-0.15, -0.1) is 0 Å². The highest BCUT2D eigenvalue weighted by molar-refractivity contribution is 7.03. The summed E-state index contributed by atoms with van der Waals surface area (Å²) >= 11 is 0. The zero-order chi connectivity index (χ0) is 12.0. The topological polar surface area (TPSA) is 9.23 Å². The predicted molar refractivity (Wildman–Crippen MR) is 75.2 cm³/mol. The number of benzene rings is 1. The smallest absolute Gasteiger partial charge is 0.206 e. The van der Waals surface area contributed by atoms with Crippen LogP contribution in [0.4, 0.5) is 0 Å². The number of hydrogen-bond donors (Lipinski definition) is 0. The molecule has 1 aliphatic rings. The van der Waals surface area contributed by atoms with Gasteiger partial charge in [0.1, 0.15) is 0 Å². The van der Waals surface area contributed by atoms with Crippen LogP contribution in [0.1, 0.15) is 11.1 Å². The van der Waals surface area contributed by atoms with Crippen molar-refractivity contribution in [2.45, 2.75) is 33.1 Å². The highest BCUT2D eigenvalue weighted by atomic mass is 28.4. The maximum Gasteiger partial charge on any atom is 0.206 e. The van der Waals surface area contributed by atoms with Gasteiger partial charge in [0.15, 0.2) is 8.32 Å². The Morgan fingerprint density at radius 2 is 1.50 bits per heavy atom. The second-order valence-corrected chi connectivity index (χ2v) is 13.5. The molecule has 0 amide bonds. The van der Waals surface area contributed by atoms with E-state index in [9.17, 15) is 0 Å². The normalized spacial score (nSPS) is 21.9. The second kappa shape index (κ2) is 3.69. The average molecular weight is 248 g/mol. The van der Waals surface area contributed by atoms with Crippen LogP contribution in [0.5, 0.6) is 0 Å². The first kappa shape index (κ1) is 11.8. The van der Waals surface area contributed by atoms with Gasteiger partial charge in [0.05, 0.1) is 0 Å². The monoisotopic (exact) mass is 248 g/mol. The molecule has 2 rings (SSSR count). The van der Waals surface area contributed by atoms with Crippen molar-refractivity contribution in [2.24, 2.45) is 0 Å². The zero-order valence-corrected chi connectivity index (χ0v) is 12.8. The zero-order valence-electron chi connectivity index (χ0n) is 10.8. The molecule has 3 heteroatoms. The van der Waals surface area contributed by atoms with Gasteiger partial charge in [0.25, 0.3) is 0 Å². The van der Waals surface area contributed by atoms with Gasteiger partial charge in [-0.25, -0.2) is 0 Å². The lowest BCUT2D eigenvalue weighted by molar-refractivity contribution is 0.582. The van der Waals surface area contributed by atoms with E-state index in [2.05, 4.69) is 63.1 Å². The van der Waals surface area contributed by atoms with Crippen LogP contribution >= 0.6 is 0 Å². The number of hydrogen-bond acceptors (Lipinski definition) is 1. The van der Waals surface area contributed by atoms with Crippen molar-refractivity contribution in [1.82, 2.24) is 0 Å². The lowest BCUT2D eigenvalue weighted by atomic mass is 10.1. The highest BCUT2D eigenvalue weighted by Gasteiger charge is 2.42. The summed E-state index contributed by atoms with van der Waals surface area (Å²) in [6, 6.07) is 8.84. The Bertz CT molecular complexity index is 430. The van der Waals surface area contributed by atoms with Crippen molar-refractivity contribution in [3.63, 3.8) is 0 Å². The van der Waals surface area contributed by atoms with Gasteiger partial charge in [-0.3, -0.25) is 0 Å². The Morgan fingerprint density at radius 3 is 1.94 bits per heavy atom. The second-order valence-electron chi connectivity index (χ2n) is 5.64. The Kier molecular flexibility index (Phi) is 2.72. The Hall–Kier alpha value is -0.646. The highest BCUT2D eigenvalue weighted by Crippen LogP contribution is 2.37. The summed E-state index contributed by atoms with van der Waals surface area (Å²) in [5, 5.41) is 1.49. The third kappa shape index (κ3) is 2.21. The molecular formula is C13H20OSi2. The summed E-state index contributed by atoms with van der Waals surface area (Å²) in [6.45, 7) is 11.3. The molecule has 1 aromatic rings. The van der Waals surface area contributed by atoms with E-state index in [0.29, 0.717) is 0 Å². The van der Waals surface area contributed by atoms with Crippen molar-refractivity contribution in [3.8, 4) is 0 Å². The summed E-state index contributed by atoms with van der Waals surface area (Å²) < 4.78 is 6.32. The standard InChI is InChI=1S/C13H20OSi2/c1-11-6-8-12(9-7-11)13-10-15(2,3)14-16(13,4)5/h6-10H,1-5H3. The molecule has 1 aromatic carbocycles. The van der Waals surface area contributed by atoms with E-state index in [1.54, 1.807) is 0 Å². The lowest BCUT2D eigenvalue weighted by Gasteiger charge is -2.24. The van der Waals surface area contributed by atoms with Gasteiger partial charge in [-0.1, -0.05) is 35.5 Å². The third-order valence-corrected chi connectivity index (χ3v) is 10.2. The summed E-state index contributed by atoms with van der Waals surface area (Å²) in [6.07, 6.45) is 0. The van der Waals surface area contributed by atoms with Gasteiger partial charge < -0.3 is 4.12 Å². The minimum Gasteiger partial charge on any atom is -0.449 e. The molecule has 1 nitrogen and oxygen atoms in total. The molecule has 0 saturated carbocycles. The average Bonchev–Trinajstić information content (AvgIpc) is 2.35. The van der Waals surface area contributed by atoms with Crippen LogP contribution in [-0.2, 0) is 4.12 Å². The van der Waals surface area contributed by atoms with E-state index >= 15 is 0 Å². The molecule has 86 valence electrons. The summed E-state index contributed by atoms with van der Waals surface area (Å²) in [5.74, 6) is 0. The van der Waals surface area contributed by atoms with Gasteiger partial charge in [-0.05, 0) is 43.9 Å². The van der Waals surface area contributed by atoms with E-state index in [0.717, 1.165) is 0 Å². The quantitative estimate of drug-likeness (QED) is 0.685. The van der Waals surface area contributed by atoms with Crippen LogP contribution in [0.2, 0.25) is 26.2 Å². The maximum atomic E-state index is 6.32. The molecule has 0 atom stereocenters. The molecule has 0 bridgehead atoms. The summed E-state index contributed by atoms with van der Waals surface area (Å²) in [7, 11) is -3.18. The van der Waals surface area contributed by atoms with Gasteiger partial charge in [0.2, 0.25) is 8.32 Å².